The number of piperidine rings is 1. The monoisotopic (exact) mass is 327 g/mol. The first-order chi connectivity index (χ1) is 7.95. The molecule has 17 heavy (non-hydrogen) atoms. The van der Waals surface area contributed by atoms with Crippen LogP contribution >= 0.6 is 15.9 Å². The van der Waals surface area contributed by atoms with Crippen molar-refractivity contribution < 1.29 is 13.2 Å². The molecule has 1 rings (SSSR count). The molecule has 1 saturated heterocycles. The summed E-state index contributed by atoms with van der Waals surface area (Å²) in [5, 5.41) is 0.832. The largest absolute Gasteiger partial charge is 0.377 e. The lowest BCUT2D eigenvalue weighted by Gasteiger charge is -2.31. The third-order valence-electron chi connectivity index (χ3n) is 2.77. The van der Waals surface area contributed by atoms with Crippen molar-refractivity contribution in [1.82, 2.24) is 4.31 Å². The van der Waals surface area contributed by atoms with E-state index in [9.17, 15) is 8.42 Å². The normalized spacial score (nSPS) is 20.0. The van der Waals surface area contributed by atoms with Crippen LogP contribution in [0.25, 0.3) is 0 Å². The molecule has 4 nitrogen and oxygen atoms in total. The highest BCUT2D eigenvalue weighted by Gasteiger charge is 2.28. The number of sulfonamides is 1. The summed E-state index contributed by atoms with van der Waals surface area (Å²) < 4.78 is 31.2. The molecule has 0 saturated carbocycles. The van der Waals surface area contributed by atoms with Crippen molar-refractivity contribution in [3.05, 3.63) is 0 Å². The van der Waals surface area contributed by atoms with E-state index in [-0.39, 0.29) is 17.8 Å². The number of halogens is 1. The van der Waals surface area contributed by atoms with E-state index in [0.717, 1.165) is 18.2 Å². The molecule has 0 N–H and O–H groups in total. The smallest absolute Gasteiger partial charge is 0.214 e. The molecule has 0 bridgehead atoms. The molecule has 0 unspecified atom stereocenters. The van der Waals surface area contributed by atoms with Crippen molar-refractivity contribution in [2.75, 3.05) is 30.8 Å². The molecule has 0 spiro atoms. The number of hydrogen-bond acceptors (Lipinski definition) is 3. The average molecular weight is 328 g/mol. The second-order valence-corrected chi connectivity index (χ2v) is 7.64. The van der Waals surface area contributed by atoms with Gasteiger partial charge >= 0.3 is 0 Å². The highest BCUT2D eigenvalue weighted by atomic mass is 79.9. The zero-order valence-corrected chi connectivity index (χ0v) is 13.0. The number of alkyl halides is 1. The van der Waals surface area contributed by atoms with Gasteiger partial charge in [-0.1, -0.05) is 29.8 Å². The van der Waals surface area contributed by atoms with Crippen LogP contribution in [-0.2, 0) is 14.8 Å². The fourth-order valence-electron chi connectivity index (χ4n) is 2.01. The van der Waals surface area contributed by atoms with E-state index < -0.39 is 10.0 Å². The number of nitrogens with zero attached hydrogens (tertiary/aromatic N) is 1. The van der Waals surface area contributed by atoms with Crippen LogP contribution in [0.5, 0.6) is 0 Å². The zero-order chi connectivity index (χ0) is 12.9. The molecule has 0 aromatic rings. The maximum absolute atomic E-state index is 12.0. The minimum atomic E-state index is -3.06. The van der Waals surface area contributed by atoms with Crippen LogP contribution in [0.15, 0.2) is 0 Å². The van der Waals surface area contributed by atoms with E-state index in [1.54, 1.807) is 4.31 Å². The zero-order valence-electron chi connectivity index (χ0n) is 10.6. The number of ether oxygens (including phenoxy) is 1. The Morgan fingerprint density at radius 1 is 1.35 bits per heavy atom. The van der Waals surface area contributed by atoms with E-state index in [2.05, 4.69) is 15.9 Å². The van der Waals surface area contributed by atoms with E-state index in [0.29, 0.717) is 19.7 Å². The molecule has 1 fully saturated rings. The second-order valence-electron chi connectivity index (χ2n) is 4.83. The van der Waals surface area contributed by atoms with Gasteiger partial charge in [0.25, 0.3) is 0 Å². The van der Waals surface area contributed by atoms with E-state index >= 15 is 0 Å². The summed E-state index contributed by atoms with van der Waals surface area (Å²) in [6.45, 7) is 5.76. The van der Waals surface area contributed by atoms with Gasteiger partial charge in [0.15, 0.2) is 0 Å². The van der Waals surface area contributed by atoms with Crippen molar-refractivity contribution in [2.24, 2.45) is 5.92 Å². The molecule has 0 aromatic heterocycles. The molecule has 6 heteroatoms. The highest BCUT2D eigenvalue weighted by molar-refractivity contribution is 9.09. The van der Waals surface area contributed by atoms with E-state index in [1.807, 2.05) is 13.8 Å². The third-order valence-corrected chi connectivity index (χ3v) is 5.33. The molecular formula is C11H22BrNO3S. The molecule has 1 aliphatic heterocycles. The number of hydrogen-bond donors (Lipinski definition) is 0. The third kappa shape index (κ3) is 5.24. The molecule has 0 aromatic carbocycles. The minimum Gasteiger partial charge on any atom is -0.377 e. The Kier molecular flexibility index (Phi) is 6.40. The lowest BCUT2D eigenvalue weighted by molar-refractivity contribution is 0.0309. The van der Waals surface area contributed by atoms with Crippen molar-refractivity contribution in [3.8, 4) is 0 Å². The van der Waals surface area contributed by atoms with Crippen molar-refractivity contribution >= 4 is 26.0 Å². The average Bonchev–Trinajstić information content (AvgIpc) is 2.25. The SMILES string of the molecule is CC(C)CS(=O)(=O)N1CCC(OCCBr)CC1. The Morgan fingerprint density at radius 2 is 1.94 bits per heavy atom. The standard InChI is InChI=1S/C11H22BrNO3S/c1-10(2)9-17(14,15)13-6-3-11(4-7-13)16-8-5-12/h10-11H,3-9H2,1-2H3. The van der Waals surface area contributed by atoms with E-state index in [4.69, 9.17) is 4.74 Å². The van der Waals surface area contributed by atoms with Gasteiger partial charge in [0.2, 0.25) is 10.0 Å². The van der Waals surface area contributed by atoms with Crippen LogP contribution in [0.1, 0.15) is 26.7 Å². The van der Waals surface area contributed by atoms with Crippen molar-refractivity contribution in [1.29, 1.82) is 0 Å². The van der Waals surface area contributed by atoms with Gasteiger partial charge in [-0.3, -0.25) is 0 Å². The van der Waals surface area contributed by atoms with Crippen LogP contribution < -0.4 is 0 Å². The first kappa shape index (κ1) is 15.4. The summed E-state index contributed by atoms with van der Waals surface area (Å²) >= 11 is 3.32. The summed E-state index contributed by atoms with van der Waals surface area (Å²) in [6.07, 6.45) is 1.84. The summed E-state index contributed by atoms with van der Waals surface area (Å²) in [4.78, 5) is 0. The summed E-state index contributed by atoms with van der Waals surface area (Å²) in [5.41, 5.74) is 0. The lowest BCUT2D eigenvalue weighted by Crippen LogP contribution is -2.42. The molecule has 1 aliphatic rings. The Hall–Kier alpha value is 0.350. The van der Waals surface area contributed by atoms with Crippen molar-refractivity contribution in [3.63, 3.8) is 0 Å². The quantitative estimate of drug-likeness (QED) is 0.699. The van der Waals surface area contributed by atoms with Crippen LogP contribution in [0.3, 0.4) is 0 Å². The summed E-state index contributed by atoms with van der Waals surface area (Å²) in [7, 11) is -3.06. The Morgan fingerprint density at radius 3 is 2.41 bits per heavy atom. The molecule has 0 aliphatic carbocycles. The first-order valence-electron chi connectivity index (χ1n) is 6.11. The van der Waals surface area contributed by atoms with Gasteiger partial charge in [-0.15, -0.1) is 0 Å². The Labute approximate surface area is 113 Å². The fraction of sp³-hybridized carbons (Fsp3) is 1.00. The van der Waals surface area contributed by atoms with Gasteiger partial charge in [-0.2, -0.15) is 0 Å². The van der Waals surface area contributed by atoms with Gasteiger partial charge in [-0.05, 0) is 18.8 Å². The molecule has 0 radical (unpaired) electrons. The second kappa shape index (κ2) is 7.07. The Bertz CT molecular complexity index is 311. The predicted molar refractivity (Wildman–Crippen MR) is 73.0 cm³/mol. The molecule has 0 atom stereocenters. The van der Waals surface area contributed by atoms with Crippen LogP contribution in [0.2, 0.25) is 0 Å². The maximum Gasteiger partial charge on any atom is 0.214 e. The Balaban J connectivity index is 2.41. The maximum atomic E-state index is 12.0. The van der Waals surface area contributed by atoms with Crippen molar-refractivity contribution in [2.45, 2.75) is 32.8 Å². The lowest BCUT2D eigenvalue weighted by atomic mass is 10.1. The number of rotatable bonds is 6. The van der Waals surface area contributed by atoms with Crippen LogP contribution in [0.4, 0.5) is 0 Å². The van der Waals surface area contributed by atoms with Gasteiger partial charge < -0.3 is 4.74 Å². The highest BCUT2D eigenvalue weighted by Crippen LogP contribution is 2.18. The molecule has 0 amide bonds. The fourth-order valence-corrected chi connectivity index (χ4v) is 4.02. The molecular weight excluding hydrogens is 306 g/mol. The summed E-state index contributed by atoms with van der Waals surface area (Å²) in [5.74, 6) is 0.433. The van der Waals surface area contributed by atoms with Crippen LogP contribution in [0, 0.1) is 5.92 Å². The van der Waals surface area contributed by atoms with Gasteiger partial charge in [0, 0.05) is 18.4 Å². The molecule has 1 heterocycles. The first-order valence-corrected chi connectivity index (χ1v) is 8.84. The minimum absolute atomic E-state index is 0.183. The summed E-state index contributed by atoms with van der Waals surface area (Å²) in [6, 6.07) is 0. The van der Waals surface area contributed by atoms with Gasteiger partial charge in [0.05, 0.1) is 18.5 Å². The van der Waals surface area contributed by atoms with Gasteiger partial charge in [-0.25, -0.2) is 12.7 Å². The van der Waals surface area contributed by atoms with Crippen LogP contribution in [-0.4, -0.2) is 49.6 Å². The topological polar surface area (TPSA) is 46.6 Å². The van der Waals surface area contributed by atoms with Gasteiger partial charge in [0.1, 0.15) is 0 Å². The molecule has 102 valence electrons. The predicted octanol–water partition coefficient (Wildman–Crippen LogP) is 1.85. The van der Waals surface area contributed by atoms with E-state index in [1.165, 1.54) is 0 Å².